The van der Waals surface area contributed by atoms with Gasteiger partial charge in [-0.2, -0.15) is 0 Å². The number of benzene rings is 2. The standard InChI is InChI=1S/C15H12BrClFNO/c16-9-2-4-14-10(6-9)13(19)7-15(20-14)8-1-3-11(17)12(18)5-8/h1-6,13,15H,7,19H2/t13-,15?/m1/s1. The van der Waals surface area contributed by atoms with Crippen LogP contribution in [0.2, 0.25) is 5.02 Å². The Balaban J connectivity index is 1.94. The maximum atomic E-state index is 13.6. The summed E-state index contributed by atoms with van der Waals surface area (Å²) in [4.78, 5) is 0. The molecule has 2 nitrogen and oxygen atoms in total. The summed E-state index contributed by atoms with van der Waals surface area (Å²) in [6.45, 7) is 0. The minimum Gasteiger partial charge on any atom is -0.485 e. The molecule has 1 aliphatic heterocycles. The fourth-order valence-corrected chi connectivity index (χ4v) is 2.89. The number of rotatable bonds is 1. The number of hydrogen-bond donors (Lipinski definition) is 1. The molecule has 0 fully saturated rings. The van der Waals surface area contributed by atoms with E-state index in [1.54, 1.807) is 6.07 Å². The Morgan fingerprint density at radius 2 is 2.05 bits per heavy atom. The van der Waals surface area contributed by atoms with Crippen LogP contribution >= 0.6 is 27.5 Å². The lowest BCUT2D eigenvalue weighted by Crippen LogP contribution is -2.24. The van der Waals surface area contributed by atoms with Crippen molar-refractivity contribution in [2.75, 3.05) is 0 Å². The Hall–Kier alpha value is -1.10. The maximum Gasteiger partial charge on any atom is 0.142 e. The molecule has 1 heterocycles. The third-order valence-electron chi connectivity index (χ3n) is 3.42. The van der Waals surface area contributed by atoms with Crippen molar-refractivity contribution in [2.45, 2.75) is 18.6 Å². The molecule has 0 saturated heterocycles. The monoisotopic (exact) mass is 355 g/mol. The highest BCUT2D eigenvalue weighted by Crippen LogP contribution is 2.41. The van der Waals surface area contributed by atoms with E-state index in [1.807, 2.05) is 18.2 Å². The van der Waals surface area contributed by atoms with Gasteiger partial charge in [0.25, 0.3) is 0 Å². The van der Waals surface area contributed by atoms with Gasteiger partial charge in [0.2, 0.25) is 0 Å². The lowest BCUT2D eigenvalue weighted by molar-refractivity contribution is 0.161. The normalized spacial score (nSPS) is 21.2. The first kappa shape index (κ1) is 13.9. The van der Waals surface area contributed by atoms with Crippen LogP contribution < -0.4 is 10.5 Å². The van der Waals surface area contributed by atoms with Gasteiger partial charge in [-0.3, -0.25) is 0 Å². The number of hydrogen-bond acceptors (Lipinski definition) is 2. The summed E-state index contributed by atoms with van der Waals surface area (Å²) in [5.41, 5.74) is 7.90. The first-order valence-electron chi connectivity index (χ1n) is 6.21. The molecule has 5 heteroatoms. The van der Waals surface area contributed by atoms with E-state index >= 15 is 0 Å². The highest BCUT2D eigenvalue weighted by molar-refractivity contribution is 9.10. The van der Waals surface area contributed by atoms with Crippen LogP contribution in [0.5, 0.6) is 5.75 Å². The molecule has 20 heavy (non-hydrogen) atoms. The van der Waals surface area contributed by atoms with Gasteiger partial charge >= 0.3 is 0 Å². The van der Waals surface area contributed by atoms with E-state index in [9.17, 15) is 4.39 Å². The van der Waals surface area contributed by atoms with Crippen molar-refractivity contribution >= 4 is 27.5 Å². The minimum absolute atomic E-state index is 0.109. The van der Waals surface area contributed by atoms with Crippen LogP contribution in [0.4, 0.5) is 4.39 Å². The van der Waals surface area contributed by atoms with Crippen LogP contribution in [0.1, 0.15) is 29.7 Å². The van der Waals surface area contributed by atoms with Crippen molar-refractivity contribution in [3.8, 4) is 5.75 Å². The van der Waals surface area contributed by atoms with E-state index in [-0.39, 0.29) is 17.2 Å². The molecule has 0 saturated carbocycles. The van der Waals surface area contributed by atoms with E-state index in [4.69, 9.17) is 22.1 Å². The fourth-order valence-electron chi connectivity index (χ4n) is 2.39. The van der Waals surface area contributed by atoms with Gasteiger partial charge in [-0.1, -0.05) is 33.6 Å². The molecule has 0 amide bonds. The van der Waals surface area contributed by atoms with E-state index < -0.39 is 5.82 Å². The number of ether oxygens (including phenoxy) is 1. The summed E-state index contributed by atoms with van der Waals surface area (Å²) in [5.74, 6) is 0.301. The average Bonchev–Trinajstić information content (AvgIpc) is 2.42. The van der Waals surface area contributed by atoms with Gasteiger partial charge in [-0.05, 0) is 35.9 Å². The second kappa shape index (κ2) is 5.35. The molecule has 2 aromatic rings. The zero-order valence-electron chi connectivity index (χ0n) is 10.4. The second-order valence-electron chi connectivity index (χ2n) is 4.80. The number of halogens is 3. The van der Waals surface area contributed by atoms with Crippen molar-refractivity contribution in [1.29, 1.82) is 0 Å². The van der Waals surface area contributed by atoms with Crippen LogP contribution in [-0.2, 0) is 0 Å². The highest BCUT2D eigenvalue weighted by atomic mass is 79.9. The predicted octanol–water partition coefficient (Wildman–Crippen LogP) is 4.77. The third-order valence-corrected chi connectivity index (χ3v) is 4.22. The number of fused-ring (bicyclic) bond motifs is 1. The van der Waals surface area contributed by atoms with E-state index in [0.717, 1.165) is 21.3 Å². The molecule has 2 N–H and O–H groups in total. The molecule has 0 spiro atoms. The van der Waals surface area contributed by atoms with Crippen LogP contribution in [-0.4, -0.2) is 0 Å². The first-order valence-corrected chi connectivity index (χ1v) is 7.38. The van der Waals surface area contributed by atoms with Gasteiger partial charge in [0.15, 0.2) is 0 Å². The van der Waals surface area contributed by atoms with E-state index in [1.165, 1.54) is 12.1 Å². The van der Waals surface area contributed by atoms with Crippen molar-refractivity contribution < 1.29 is 9.13 Å². The van der Waals surface area contributed by atoms with Crippen LogP contribution in [0.25, 0.3) is 0 Å². The molecule has 104 valence electrons. The predicted molar refractivity (Wildman–Crippen MR) is 80.5 cm³/mol. The zero-order valence-corrected chi connectivity index (χ0v) is 12.8. The third kappa shape index (κ3) is 2.55. The van der Waals surface area contributed by atoms with Gasteiger partial charge in [0, 0.05) is 22.5 Å². The van der Waals surface area contributed by atoms with Crippen molar-refractivity contribution in [2.24, 2.45) is 5.73 Å². The lowest BCUT2D eigenvalue weighted by Gasteiger charge is -2.30. The Bertz CT molecular complexity index is 664. The Labute approximate surface area is 129 Å². The Kier molecular flexibility index (Phi) is 3.71. The summed E-state index contributed by atoms with van der Waals surface area (Å²) in [6, 6.07) is 10.3. The summed E-state index contributed by atoms with van der Waals surface area (Å²) in [6.07, 6.45) is 0.343. The van der Waals surface area contributed by atoms with Crippen LogP contribution in [0, 0.1) is 5.82 Å². The van der Waals surface area contributed by atoms with Crippen molar-refractivity contribution in [3.05, 3.63) is 62.8 Å². The molecule has 0 radical (unpaired) electrons. The average molecular weight is 357 g/mol. The summed E-state index contributed by atoms with van der Waals surface area (Å²) in [5, 5.41) is 0.109. The Morgan fingerprint density at radius 3 is 2.80 bits per heavy atom. The summed E-state index contributed by atoms with van der Waals surface area (Å²) in [7, 11) is 0. The second-order valence-corrected chi connectivity index (χ2v) is 6.13. The lowest BCUT2D eigenvalue weighted by atomic mass is 9.93. The van der Waals surface area contributed by atoms with E-state index in [2.05, 4.69) is 15.9 Å². The van der Waals surface area contributed by atoms with Gasteiger partial charge in [0.05, 0.1) is 5.02 Å². The van der Waals surface area contributed by atoms with Crippen molar-refractivity contribution in [1.82, 2.24) is 0 Å². The van der Waals surface area contributed by atoms with Crippen LogP contribution in [0.15, 0.2) is 40.9 Å². The molecule has 0 bridgehead atoms. The molecular weight excluding hydrogens is 345 g/mol. The zero-order chi connectivity index (χ0) is 14.3. The quantitative estimate of drug-likeness (QED) is 0.799. The van der Waals surface area contributed by atoms with Crippen molar-refractivity contribution in [3.63, 3.8) is 0 Å². The maximum absolute atomic E-state index is 13.6. The molecule has 3 rings (SSSR count). The first-order chi connectivity index (χ1) is 9.54. The smallest absolute Gasteiger partial charge is 0.142 e. The van der Waals surface area contributed by atoms with Gasteiger partial charge < -0.3 is 10.5 Å². The van der Waals surface area contributed by atoms with Gasteiger partial charge in [0.1, 0.15) is 17.7 Å². The summed E-state index contributed by atoms with van der Waals surface area (Å²) < 4.78 is 20.4. The Morgan fingerprint density at radius 1 is 1.25 bits per heavy atom. The van der Waals surface area contributed by atoms with E-state index in [0.29, 0.717) is 6.42 Å². The van der Waals surface area contributed by atoms with Gasteiger partial charge in [-0.25, -0.2) is 4.39 Å². The molecule has 1 aliphatic rings. The molecule has 2 aromatic carbocycles. The topological polar surface area (TPSA) is 35.2 Å². The molecule has 2 atom stereocenters. The molecule has 0 aliphatic carbocycles. The highest BCUT2D eigenvalue weighted by Gasteiger charge is 2.27. The molecular formula is C15H12BrClFNO. The molecule has 0 aromatic heterocycles. The fraction of sp³-hybridized carbons (Fsp3) is 0.200. The number of nitrogens with two attached hydrogens (primary N) is 1. The van der Waals surface area contributed by atoms with Crippen LogP contribution in [0.3, 0.4) is 0 Å². The largest absolute Gasteiger partial charge is 0.485 e. The van der Waals surface area contributed by atoms with Gasteiger partial charge in [-0.15, -0.1) is 0 Å². The summed E-state index contributed by atoms with van der Waals surface area (Å²) >= 11 is 9.12. The SMILES string of the molecule is N[C@@H]1CC(c2ccc(Cl)c(F)c2)Oc2ccc(Br)cc21. The molecule has 1 unspecified atom stereocenters. The minimum atomic E-state index is -0.442.